The average Bonchev–Trinajstić information content (AvgIpc) is 2.56. The summed E-state index contributed by atoms with van der Waals surface area (Å²) in [6, 6.07) is 8.70. The van der Waals surface area contributed by atoms with E-state index in [0.717, 1.165) is 37.4 Å². The number of benzene rings is 1. The van der Waals surface area contributed by atoms with Crippen molar-refractivity contribution in [3.8, 4) is 11.4 Å². The molecule has 0 atom stereocenters. The van der Waals surface area contributed by atoms with Gasteiger partial charge in [0.25, 0.3) is 0 Å². The molecule has 3 rings (SSSR count). The van der Waals surface area contributed by atoms with E-state index in [9.17, 15) is 4.39 Å². The molecule has 1 saturated heterocycles. The van der Waals surface area contributed by atoms with Crippen LogP contribution in [0.5, 0.6) is 0 Å². The van der Waals surface area contributed by atoms with Crippen LogP contribution in [0.1, 0.15) is 18.5 Å². The Morgan fingerprint density at radius 2 is 2.00 bits per heavy atom. The second-order valence-electron chi connectivity index (χ2n) is 5.78. The van der Waals surface area contributed by atoms with Gasteiger partial charge in [-0.2, -0.15) is 0 Å². The van der Waals surface area contributed by atoms with E-state index in [4.69, 9.17) is 10.5 Å². The van der Waals surface area contributed by atoms with Crippen LogP contribution in [0.25, 0.3) is 11.4 Å². The Balaban J connectivity index is 1.98. The summed E-state index contributed by atoms with van der Waals surface area (Å²) in [6.07, 6.45) is 1.86. The number of methoxy groups -OCH3 is 1. The molecule has 5 nitrogen and oxygen atoms in total. The van der Waals surface area contributed by atoms with Gasteiger partial charge in [0.15, 0.2) is 5.82 Å². The van der Waals surface area contributed by atoms with E-state index in [0.29, 0.717) is 18.0 Å². The van der Waals surface area contributed by atoms with Gasteiger partial charge < -0.3 is 15.4 Å². The zero-order valence-corrected chi connectivity index (χ0v) is 13.2. The highest BCUT2D eigenvalue weighted by atomic mass is 19.1. The molecule has 2 heterocycles. The molecule has 0 amide bonds. The van der Waals surface area contributed by atoms with Crippen molar-refractivity contribution >= 4 is 5.82 Å². The van der Waals surface area contributed by atoms with Crippen molar-refractivity contribution in [3.05, 3.63) is 41.8 Å². The Bertz CT molecular complexity index is 671. The predicted molar refractivity (Wildman–Crippen MR) is 87.6 cm³/mol. The Kier molecular flexibility index (Phi) is 4.83. The molecular formula is C17H21FN4O. The van der Waals surface area contributed by atoms with Crippen molar-refractivity contribution < 1.29 is 9.13 Å². The molecule has 1 aliphatic heterocycles. The van der Waals surface area contributed by atoms with Crippen LogP contribution in [-0.4, -0.2) is 36.2 Å². The maximum Gasteiger partial charge on any atom is 0.164 e. The molecule has 6 heteroatoms. The van der Waals surface area contributed by atoms with Gasteiger partial charge in [-0.05, 0) is 25.0 Å². The summed E-state index contributed by atoms with van der Waals surface area (Å²) < 4.78 is 19.3. The van der Waals surface area contributed by atoms with Crippen molar-refractivity contribution in [3.63, 3.8) is 0 Å². The lowest BCUT2D eigenvalue weighted by Crippen LogP contribution is -2.40. The molecule has 2 N–H and O–H groups in total. The van der Waals surface area contributed by atoms with Gasteiger partial charge in [-0.15, -0.1) is 0 Å². The first-order valence-electron chi connectivity index (χ1n) is 7.79. The van der Waals surface area contributed by atoms with Gasteiger partial charge in [0.1, 0.15) is 11.6 Å². The van der Waals surface area contributed by atoms with Gasteiger partial charge in [-0.1, -0.05) is 12.1 Å². The minimum atomic E-state index is -0.325. The van der Waals surface area contributed by atoms with E-state index in [2.05, 4.69) is 14.9 Å². The highest BCUT2D eigenvalue weighted by molar-refractivity contribution is 5.58. The number of nitrogens with zero attached hydrogens (tertiary/aromatic N) is 3. The summed E-state index contributed by atoms with van der Waals surface area (Å²) >= 11 is 0. The Morgan fingerprint density at radius 1 is 1.26 bits per heavy atom. The first kappa shape index (κ1) is 15.8. The summed E-state index contributed by atoms with van der Waals surface area (Å²) in [6.45, 7) is 2.06. The molecular weight excluding hydrogens is 295 g/mol. The first-order chi connectivity index (χ1) is 11.2. The number of hydrogen-bond acceptors (Lipinski definition) is 5. The third-order valence-electron chi connectivity index (χ3n) is 4.04. The summed E-state index contributed by atoms with van der Waals surface area (Å²) in [4.78, 5) is 11.2. The minimum Gasteiger partial charge on any atom is -0.378 e. The summed E-state index contributed by atoms with van der Waals surface area (Å²) in [5, 5.41) is 0. The number of ether oxygens (including phenoxy) is 1. The minimum absolute atomic E-state index is 0.248. The van der Waals surface area contributed by atoms with Gasteiger partial charge >= 0.3 is 0 Å². The molecule has 1 aromatic heterocycles. The van der Waals surface area contributed by atoms with Crippen LogP contribution in [0.15, 0.2) is 30.3 Å². The lowest BCUT2D eigenvalue weighted by atomic mass is 10.1. The fourth-order valence-corrected chi connectivity index (χ4v) is 2.76. The maximum absolute atomic E-state index is 14.1. The van der Waals surface area contributed by atoms with Crippen LogP contribution in [0.3, 0.4) is 0 Å². The number of hydrogen-bond donors (Lipinski definition) is 1. The van der Waals surface area contributed by atoms with Crippen molar-refractivity contribution in [1.29, 1.82) is 0 Å². The zero-order valence-electron chi connectivity index (χ0n) is 13.2. The van der Waals surface area contributed by atoms with Gasteiger partial charge in [-0.25, -0.2) is 14.4 Å². The van der Waals surface area contributed by atoms with E-state index in [1.165, 1.54) is 6.07 Å². The van der Waals surface area contributed by atoms with Gasteiger partial charge in [0.05, 0.1) is 17.9 Å². The van der Waals surface area contributed by atoms with Crippen molar-refractivity contribution in [2.75, 3.05) is 25.1 Å². The summed E-state index contributed by atoms with van der Waals surface area (Å²) in [5.74, 6) is 0.869. The summed E-state index contributed by atoms with van der Waals surface area (Å²) in [5.41, 5.74) is 7.11. The van der Waals surface area contributed by atoms with Crippen LogP contribution in [0, 0.1) is 5.82 Å². The number of halogens is 1. The molecule has 0 bridgehead atoms. The standard InChI is InChI=1S/C17H21FN4O/c1-23-11-13-10-16(22-8-6-12(19)7-9-22)21-17(20-13)14-4-2-3-5-15(14)18/h2-5,10,12H,6-9,11,19H2,1H3. The molecule has 1 aliphatic rings. The van der Waals surface area contributed by atoms with Crippen LogP contribution in [-0.2, 0) is 11.3 Å². The second-order valence-corrected chi connectivity index (χ2v) is 5.78. The highest BCUT2D eigenvalue weighted by Gasteiger charge is 2.19. The Labute approximate surface area is 135 Å². The van der Waals surface area contributed by atoms with Crippen molar-refractivity contribution in [2.24, 2.45) is 5.73 Å². The van der Waals surface area contributed by atoms with E-state index in [-0.39, 0.29) is 11.9 Å². The SMILES string of the molecule is COCc1cc(N2CCC(N)CC2)nc(-c2ccccc2F)n1. The largest absolute Gasteiger partial charge is 0.378 e. The average molecular weight is 316 g/mol. The molecule has 0 radical (unpaired) electrons. The number of nitrogens with two attached hydrogens (primary N) is 1. The third-order valence-corrected chi connectivity index (χ3v) is 4.04. The quantitative estimate of drug-likeness (QED) is 0.938. The lowest BCUT2D eigenvalue weighted by molar-refractivity contribution is 0.181. The van der Waals surface area contributed by atoms with Gasteiger partial charge in [-0.3, -0.25) is 0 Å². The molecule has 23 heavy (non-hydrogen) atoms. The number of piperidine rings is 1. The fraction of sp³-hybridized carbons (Fsp3) is 0.412. The molecule has 2 aromatic rings. The smallest absolute Gasteiger partial charge is 0.164 e. The maximum atomic E-state index is 14.1. The van der Waals surface area contributed by atoms with E-state index in [1.807, 2.05) is 6.07 Å². The molecule has 0 unspecified atom stereocenters. The normalized spacial score (nSPS) is 15.9. The Hall–Kier alpha value is -2.05. The molecule has 0 spiro atoms. The van der Waals surface area contributed by atoms with Crippen molar-refractivity contribution in [2.45, 2.75) is 25.5 Å². The second kappa shape index (κ2) is 7.02. The number of aromatic nitrogens is 2. The molecule has 1 aromatic carbocycles. The molecule has 122 valence electrons. The monoisotopic (exact) mass is 316 g/mol. The Morgan fingerprint density at radius 3 is 2.70 bits per heavy atom. The van der Waals surface area contributed by atoms with E-state index >= 15 is 0 Å². The molecule has 0 saturated carbocycles. The summed E-state index contributed by atoms with van der Waals surface area (Å²) in [7, 11) is 1.62. The topological polar surface area (TPSA) is 64.3 Å². The lowest BCUT2D eigenvalue weighted by Gasteiger charge is -2.31. The van der Waals surface area contributed by atoms with Crippen LogP contribution in [0.4, 0.5) is 10.2 Å². The molecule has 1 fully saturated rings. The third kappa shape index (κ3) is 3.65. The van der Waals surface area contributed by atoms with E-state index < -0.39 is 0 Å². The van der Waals surface area contributed by atoms with Gasteiger partial charge in [0.2, 0.25) is 0 Å². The van der Waals surface area contributed by atoms with E-state index in [1.54, 1.807) is 25.3 Å². The number of rotatable bonds is 4. The zero-order chi connectivity index (χ0) is 16.2. The van der Waals surface area contributed by atoms with Gasteiger partial charge in [0, 0.05) is 32.3 Å². The molecule has 0 aliphatic carbocycles. The fourth-order valence-electron chi connectivity index (χ4n) is 2.76. The first-order valence-corrected chi connectivity index (χ1v) is 7.79. The van der Waals surface area contributed by atoms with Crippen LogP contribution < -0.4 is 10.6 Å². The van der Waals surface area contributed by atoms with Crippen LogP contribution >= 0.6 is 0 Å². The van der Waals surface area contributed by atoms with Crippen molar-refractivity contribution in [1.82, 2.24) is 9.97 Å². The number of anilines is 1. The highest BCUT2D eigenvalue weighted by Crippen LogP contribution is 2.24. The predicted octanol–water partition coefficient (Wildman–Crippen LogP) is 2.36. The van der Waals surface area contributed by atoms with Crippen LogP contribution in [0.2, 0.25) is 0 Å².